The van der Waals surface area contributed by atoms with E-state index in [0.717, 1.165) is 32.5 Å². The van der Waals surface area contributed by atoms with Crippen molar-refractivity contribution in [3.8, 4) is 32.5 Å². The summed E-state index contributed by atoms with van der Waals surface area (Å²) in [5.74, 6) is 0.757. The molecule has 0 amide bonds. The van der Waals surface area contributed by atoms with Crippen LogP contribution in [0.5, 0.6) is 0 Å². The topological polar surface area (TPSA) is 25.8 Å². The van der Waals surface area contributed by atoms with E-state index in [2.05, 4.69) is 24.3 Å². The third kappa shape index (κ3) is 6.46. The lowest BCUT2D eigenvalue weighted by molar-refractivity contribution is 0.368. The van der Waals surface area contributed by atoms with Gasteiger partial charge in [0.1, 0.15) is 0 Å². The van der Waals surface area contributed by atoms with Crippen LogP contribution in [0.1, 0.15) is 0 Å². The largest absolute Gasteiger partial charge is 0.673 e. The molecule has 0 aliphatic heterocycles. The first-order chi connectivity index (χ1) is 13.9. The second kappa shape index (κ2) is 9.38. The first-order valence-corrected chi connectivity index (χ1v) is 9.47. The van der Waals surface area contributed by atoms with E-state index >= 15 is 0 Å². The van der Waals surface area contributed by atoms with E-state index in [0.29, 0.717) is 0 Å². The molecule has 0 saturated carbocycles. The number of aromatic nitrogens is 2. The normalized spacial score (nSPS) is 10.8. The van der Waals surface area contributed by atoms with Crippen molar-refractivity contribution < 1.29 is 17.3 Å². The number of halogens is 4. The van der Waals surface area contributed by atoms with E-state index in [-0.39, 0.29) is 0 Å². The van der Waals surface area contributed by atoms with Crippen molar-refractivity contribution in [2.24, 2.45) is 0 Å². The fourth-order valence-electron chi connectivity index (χ4n) is 2.48. The van der Waals surface area contributed by atoms with Gasteiger partial charge in [-0.3, -0.25) is 0 Å². The molecule has 29 heavy (non-hydrogen) atoms. The van der Waals surface area contributed by atoms with Crippen molar-refractivity contribution in [3.05, 3.63) is 91.0 Å². The smallest absolute Gasteiger partial charge is 0.418 e. The highest BCUT2D eigenvalue weighted by molar-refractivity contribution is 7.17. The van der Waals surface area contributed by atoms with Crippen LogP contribution >= 0.6 is 11.3 Å². The zero-order chi connectivity index (χ0) is 20.7. The highest BCUT2D eigenvalue weighted by atomic mass is 32.1. The van der Waals surface area contributed by atoms with Crippen LogP contribution in [0, 0.1) is 0 Å². The van der Waals surface area contributed by atoms with Crippen LogP contribution in [0.25, 0.3) is 32.5 Å². The molecule has 0 N–H and O–H groups in total. The van der Waals surface area contributed by atoms with Gasteiger partial charge in [-0.05, 0) is 24.3 Å². The number of hydrogen-bond acceptors (Lipinski definition) is 2. The molecule has 0 saturated heterocycles. The van der Waals surface area contributed by atoms with Crippen LogP contribution in [0.2, 0.25) is 0 Å². The lowest BCUT2D eigenvalue weighted by atomic mass is 10.2. The molecule has 0 spiro atoms. The number of benzene rings is 3. The van der Waals surface area contributed by atoms with Gasteiger partial charge in [0.25, 0.3) is 11.3 Å². The molecule has 146 valence electrons. The van der Waals surface area contributed by atoms with E-state index in [1.54, 1.807) is 11.3 Å². The van der Waals surface area contributed by atoms with Gasteiger partial charge in [0.2, 0.25) is 0 Å². The standard InChI is InChI=1S/C21H15N2S.BF4/c1-4-10-16(11-5-1)19-22-20(17-12-6-2-7-13-17)24-21(23-19)18-14-8-3-9-15-18;2-1(3,4)5/h1-15H;/q+1;-1. The van der Waals surface area contributed by atoms with E-state index in [4.69, 9.17) is 9.97 Å². The zero-order valence-electron chi connectivity index (χ0n) is 15.1. The zero-order valence-corrected chi connectivity index (χ0v) is 15.9. The first kappa shape index (κ1) is 20.6. The van der Waals surface area contributed by atoms with Crippen LogP contribution in [0.4, 0.5) is 17.3 Å². The van der Waals surface area contributed by atoms with Gasteiger partial charge in [-0.2, -0.15) is 9.97 Å². The molecule has 2 nitrogen and oxygen atoms in total. The molecule has 0 atom stereocenters. The summed E-state index contributed by atoms with van der Waals surface area (Å²) in [6, 6.07) is 30.6. The molecule has 0 radical (unpaired) electrons. The van der Waals surface area contributed by atoms with E-state index in [1.807, 2.05) is 66.7 Å². The molecule has 4 rings (SSSR count). The lowest BCUT2D eigenvalue weighted by Gasteiger charge is -2.00. The van der Waals surface area contributed by atoms with Gasteiger partial charge in [-0.1, -0.05) is 66.7 Å². The van der Waals surface area contributed by atoms with Crippen molar-refractivity contribution in [1.82, 2.24) is 9.97 Å². The van der Waals surface area contributed by atoms with Crippen LogP contribution < -0.4 is 0 Å². The fraction of sp³-hybridized carbons (Fsp3) is 0. The predicted octanol–water partition coefficient (Wildman–Crippen LogP) is 7.12. The second-order valence-electron chi connectivity index (χ2n) is 5.85. The minimum absolute atomic E-state index is 0.757. The Hall–Kier alpha value is -3.13. The Labute approximate surface area is 169 Å². The molecule has 0 fully saturated rings. The number of hydrogen-bond donors (Lipinski definition) is 0. The third-order valence-corrected chi connectivity index (χ3v) is 4.72. The minimum Gasteiger partial charge on any atom is -0.418 e. The quantitative estimate of drug-likeness (QED) is 0.203. The molecule has 0 bridgehead atoms. The lowest BCUT2D eigenvalue weighted by Crippen LogP contribution is -2.02. The van der Waals surface area contributed by atoms with Gasteiger partial charge in [0.15, 0.2) is 5.82 Å². The highest BCUT2D eigenvalue weighted by Gasteiger charge is 2.22. The fourth-order valence-corrected chi connectivity index (χ4v) is 3.43. The maximum atomic E-state index is 9.75. The van der Waals surface area contributed by atoms with Crippen molar-refractivity contribution >= 4 is 18.6 Å². The third-order valence-electron chi connectivity index (χ3n) is 3.68. The van der Waals surface area contributed by atoms with Crippen molar-refractivity contribution in [2.75, 3.05) is 0 Å². The number of rotatable bonds is 3. The molecule has 0 aliphatic rings. The molecule has 0 aliphatic carbocycles. The molecule has 1 aromatic heterocycles. The summed E-state index contributed by atoms with van der Waals surface area (Å²) in [6.45, 7) is 0. The maximum Gasteiger partial charge on any atom is 0.673 e. The predicted molar refractivity (Wildman–Crippen MR) is 111 cm³/mol. The van der Waals surface area contributed by atoms with E-state index in [1.165, 1.54) is 0 Å². The Bertz CT molecular complexity index is 901. The van der Waals surface area contributed by atoms with Gasteiger partial charge in [-0.15, -0.1) is 0 Å². The number of nitrogens with zero attached hydrogens (tertiary/aromatic N) is 2. The first-order valence-electron chi connectivity index (χ1n) is 8.66. The second-order valence-corrected chi connectivity index (χ2v) is 6.83. The monoisotopic (exact) mass is 414 g/mol. The van der Waals surface area contributed by atoms with Crippen LogP contribution in [-0.2, 0) is 0 Å². The summed E-state index contributed by atoms with van der Waals surface area (Å²) < 4.78 is 39.0. The Morgan fingerprint density at radius 3 is 1.17 bits per heavy atom. The van der Waals surface area contributed by atoms with E-state index < -0.39 is 7.25 Å². The highest BCUT2D eigenvalue weighted by Crippen LogP contribution is 2.31. The molecule has 3 aromatic carbocycles. The summed E-state index contributed by atoms with van der Waals surface area (Å²) in [4.78, 5) is 9.61. The maximum absolute atomic E-state index is 9.75. The summed E-state index contributed by atoms with van der Waals surface area (Å²) in [7, 11) is -6.00. The summed E-state index contributed by atoms with van der Waals surface area (Å²) >= 11 is 1.62. The van der Waals surface area contributed by atoms with Crippen molar-refractivity contribution in [2.45, 2.75) is 0 Å². The van der Waals surface area contributed by atoms with Gasteiger partial charge < -0.3 is 17.3 Å². The Morgan fingerprint density at radius 2 is 0.828 bits per heavy atom. The Balaban J connectivity index is 0.000000431. The molecule has 0 unspecified atom stereocenters. The van der Waals surface area contributed by atoms with Gasteiger partial charge >= 0.3 is 17.3 Å². The van der Waals surface area contributed by atoms with Crippen molar-refractivity contribution in [1.29, 1.82) is 0 Å². The molecule has 1 heterocycles. The minimum atomic E-state index is -6.00. The van der Waals surface area contributed by atoms with E-state index in [9.17, 15) is 17.3 Å². The average Bonchev–Trinajstić information content (AvgIpc) is 2.74. The summed E-state index contributed by atoms with van der Waals surface area (Å²) in [6.07, 6.45) is 0. The Kier molecular flexibility index (Phi) is 6.67. The van der Waals surface area contributed by atoms with Crippen molar-refractivity contribution in [3.63, 3.8) is 0 Å². The molecule has 4 aromatic rings. The van der Waals surface area contributed by atoms with Crippen LogP contribution in [0.15, 0.2) is 91.0 Å². The molecule has 8 heteroatoms. The van der Waals surface area contributed by atoms with Crippen LogP contribution in [-0.4, -0.2) is 17.2 Å². The summed E-state index contributed by atoms with van der Waals surface area (Å²) in [5.41, 5.74) is 3.25. The van der Waals surface area contributed by atoms with Gasteiger partial charge in [0, 0.05) is 5.56 Å². The van der Waals surface area contributed by atoms with Crippen LogP contribution in [0.3, 0.4) is 0 Å². The average molecular weight is 414 g/mol. The summed E-state index contributed by atoms with van der Waals surface area (Å²) in [5, 5.41) is 1.95. The SMILES string of the molecule is F[B-](F)(F)F.c1ccc(-c2nc(-c3ccccc3)[s+]c(-c3ccccc3)n2)cc1. The Morgan fingerprint density at radius 1 is 0.517 bits per heavy atom. The molecular weight excluding hydrogens is 399 g/mol. The van der Waals surface area contributed by atoms with Gasteiger partial charge in [0.05, 0.1) is 11.1 Å². The molecular formula is C21H15BF4N2S. The van der Waals surface area contributed by atoms with Gasteiger partial charge in [-0.25, -0.2) is 0 Å².